The molecule has 1 aromatic heterocycles. The van der Waals surface area contributed by atoms with Crippen molar-refractivity contribution >= 4 is 21.8 Å². The standard InChI is InChI=1S/C12H10FN3O3S/c13-20(18,19)9-7-12(17)16(8-9)11(4-5-14)10-3-1-2-6-15-10/h1-4,6,9H,7-8H2. The van der Waals surface area contributed by atoms with Crippen LogP contribution in [0.5, 0.6) is 0 Å². The molecule has 1 saturated heterocycles. The van der Waals surface area contributed by atoms with Crippen LogP contribution < -0.4 is 0 Å². The molecule has 2 rings (SSSR count). The van der Waals surface area contributed by atoms with E-state index in [1.807, 2.05) is 0 Å². The van der Waals surface area contributed by atoms with Gasteiger partial charge in [0.15, 0.2) is 0 Å². The van der Waals surface area contributed by atoms with Gasteiger partial charge in [-0.15, -0.1) is 3.89 Å². The normalized spacial score (nSPS) is 20.0. The van der Waals surface area contributed by atoms with E-state index in [1.165, 1.54) is 6.20 Å². The molecule has 0 N–H and O–H groups in total. The molecule has 0 radical (unpaired) electrons. The first-order chi connectivity index (χ1) is 9.43. The fourth-order valence-corrected chi connectivity index (χ4v) is 2.63. The lowest BCUT2D eigenvalue weighted by molar-refractivity contribution is -0.124. The molecule has 6 nitrogen and oxygen atoms in total. The second-order valence-corrected chi connectivity index (χ2v) is 5.80. The molecule has 0 aliphatic carbocycles. The van der Waals surface area contributed by atoms with E-state index in [2.05, 4.69) is 4.98 Å². The van der Waals surface area contributed by atoms with Crippen molar-refractivity contribution in [1.82, 2.24) is 9.88 Å². The third kappa shape index (κ3) is 2.83. The second-order valence-electron chi connectivity index (χ2n) is 4.18. The largest absolute Gasteiger partial charge is 0.308 e. The van der Waals surface area contributed by atoms with Gasteiger partial charge in [0.2, 0.25) is 5.91 Å². The highest BCUT2D eigenvalue weighted by Crippen LogP contribution is 2.27. The van der Waals surface area contributed by atoms with Gasteiger partial charge in [0.05, 0.1) is 17.5 Å². The average molecular weight is 295 g/mol. The number of nitriles is 1. The predicted octanol–water partition coefficient (Wildman–Crippen LogP) is 0.846. The molecule has 0 spiro atoms. The summed E-state index contributed by atoms with van der Waals surface area (Å²) in [4.78, 5) is 16.9. The van der Waals surface area contributed by atoms with Crippen molar-refractivity contribution in [2.45, 2.75) is 11.7 Å². The molecule has 0 saturated carbocycles. The van der Waals surface area contributed by atoms with Crippen LogP contribution in [0.4, 0.5) is 3.89 Å². The molecule has 0 aromatic carbocycles. The van der Waals surface area contributed by atoms with Gasteiger partial charge < -0.3 is 4.90 Å². The summed E-state index contributed by atoms with van der Waals surface area (Å²) in [6.07, 6.45) is 2.13. The topological polar surface area (TPSA) is 91.1 Å². The molecule has 20 heavy (non-hydrogen) atoms. The van der Waals surface area contributed by atoms with Crippen molar-refractivity contribution in [3.8, 4) is 6.07 Å². The van der Waals surface area contributed by atoms with E-state index in [9.17, 15) is 17.1 Å². The number of nitrogens with zero attached hydrogens (tertiary/aromatic N) is 3. The summed E-state index contributed by atoms with van der Waals surface area (Å²) in [6.45, 7) is -0.318. The number of hydrogen-bond donors (Lipinski definition) is 0. The van der Waals surface area contributed by atoms with Crippen molar-refractivity contribution in [2.75, 3.05) is 6.54 Å². The van der Waals surface area contributed by atoms with Gasteiger partial charge in [0, 0.05) is 25.2 Å². The van der Waals surface area contributed by atoms with E-state index < -0.39 is 27.8 Å². The Morgan fingerprint density at radius 3 is 2.80 bits per heavy atom. The van der Waals surface area contributed by atoms with Crippen LogP contribution in [-0.4, -0.2) is 36.0 Å². The van der Waals surface area contributed by atoms with Gasteiger partial charge in [-0.05, 0) is 12.1 Å². The minimum Gasteiger partial charge on any atom is -0.308 e. The molecular formula is C12H10FN3O3S. The Bertz CT molecular complexity index is 694. The van der Waals surface area contributed by atoms with Crippen molar-refractivity contribution < 1.29 is 17.1 Å². The van der Waals surface area contributed by atoms with Crippen molar-refractivity contribution in [3.63, 3.8) is 0 Å². The molecule has 1 aliphatic rings. The zero-order chi connectivity index (χ0) is 14.8. The zero-order valence-electron chi connectivity index (χ0n) is 10.2. The summed E-state index contributed by atoms with van der Waals surface area (Å²) in [7, 11) is -4.79. The van der Waals surface area contributed by atoms with Crippen LogP contribution in [-0.2, 0) is 15.0 Å². The van der Waals surface area contributed by atoms with E-state index in [0.717, 1.165) is 11.0 Å². The van der Waals surface area contributed by atoms with E-state index in [0.29, 0.717) is 5.69 Å². The molecule has 104 valence electrons. The Morgan fingerprint density at radius 1 is 1.55 bits per heavy atom. The second kappa shape index (κ2) is 5.38. The number of rotatable bonds is 3. The van der Waals surface area contributed by atoms with Crippen molar-refractivity contribution in [2.24, 2.45) is 0 Å². The number of halogens is 1. The highest BCUT2D eigenvalue weighted by Gasteiger charge is 2.40. The molecule has 1 amide bonds. The zero-order valence-corrected chi connectivity index (χ0v) is 11.0. The number of allylic oxidation sites excluding steroid dienone is 1. The third-order valence-corrected chi connectivity index (χ3v) is 4.02. The number of amides is 1. The number of aromatic nitrogens is 1. The van der Waals surface area contributed by atoms with Gasteiger partial charge in [-0.2, -0.15) is 13.7 Å². The van der Waals surface area contributed by atoms with Gasteiger partial charge in [-0.3, -0.25) is 9.78 Å². The quantitative estimate of drug-likeness (QED) is 0.609. The van der Waals surface area contributed by atoms with Crippen LogP contribution in [0, 0.1) is 11.3 Å². The van der Waals surface area contributed by atoms with Crippen LogP contribution in [0.3, 0.4) is 0 Å². The maximum atomic E-state index is 13.0. The Kier molecular flexibility index (Phi) is 3.81. The van der Waals surface area contributed by atoms with Gasteiger partial charge in [-0.25, -0.2) is 0 Å². The SMILES string of the molecule is N#CC=C(c1ccccn1)N1CC(S(=O)(=O)F)CC1=O. The van der Waals surface area contributed by atoms with E-state index >= 15 is 0 Å². The fraction of sp³-hybridized carbons (Fsp3) is 0.250. The van der Waals surface area contributed by atoms with Gasteiger partial charge in [-0.1, -0.05) is 6.07 Å². The minimum atomic E-state index is -4.79. The number of hydrogen-bond acceptors (Lipinski definition) is 5. The maximum Gasteiger partial charge on any atom is 0.307 e. The Balaban J connectivity index is 2.36. The molecule has 1 aliphatic heterocycles. The highest BCUT2D eigenvalue weighted by molar-refractivity contribution is 7.87. The Morgan fingerprint density at radius 2 is 2.30 bits per heavy atom. The van der Waals surface area contributed by atoms with E-state index in [1.54, 1.807) is 24.3 Å². The number of carbonyl (C=O) groups excluding carboxylic acids is 1. The van der Waals surface area contributed by atoms with E-state index in [4.69, 9.17) is 5.26 Å². The average Bonchev–Trinajstić information content (AvgIpc) is 2.79. The molecular weight excluding hydrogens is 285 g/mol. The molecule has 1 unspecified atom stereocenters. The molecule has 1 fully saturated rings. The summed E-state index contributed by atoms with van der Waals surface area (Å²) >= 11 is 0. The molecule has 1 atom stereocenters. The first-order valence-corrected chi connectivity index (χ1v) is 7.13. The van der Waals surface area contributed by atoms with Gasteiger partial charge in [0.25, 0.3) is 0 Å². The van der Waals surface area contributed by atoms with Crippen LogP contribution in [0.1, 0.15) is 12.1 Å². The first kappa shape index (κ1) is 14.1. The van der Waals surface area contributed by atoms with E-state index in [-0.39, 0.29) is 12.2 Å². The summed E-state index contributed by atoms with van der Waals surface area (Å²) < 4.78 is 34.8. The highest BCUT2D eigenvalue weighted by atomic mass is 32.3. The lowest BCUT2D eigenvalue weighted by Crippen LogP contribution is -2.26. The first-order valence-electron chi connectivity index (χ1n) is 5.68. The van der Waals surface area contributed by atoms with Gasteiger partial charge >= 0.3 is 10.2 Å². The predicted molar refractivity (Wildman–Crippen MR) is 68.0 cm³/mol. The Hall–Kier alpha value is -2.27. The number of carbonyl (C=O) groups is 1. The summed E-state index contributed by atoms with van der Waals surface area (Å²) in [5, 5.41) is 7.38. The fourth-order valence-electron chi connectivity index (χ4n) is 1.96. The lowest BCUT2D eigenvalue weighted by atomic mass is 10.2. The van der Waals surface area contributed by atoms with Crippen LogP contribution in [0.15, 0.2) is 30.5 Å². The summed E-state index contributed by atoms with van der Waals surface area (Å²) in [6, 6.07) is 6.68. The van der Waals surface area contributed by atoms with Gasteiger partial charge in [0.1, 0.15) is 5.25 Å². The summed E-state index contributed by atoms with van der Waals surface area (Å²) in [5.41, 5.74) is 0.517. The smallest absolute Gasteiger partial charge is 0.307 e. The molecule has 2 heterocycles. The number of pyridine rings is 1. The molecule has 0 bridgehead atoms. The molecule has 1 aromatic rings. The van der Waals surface area contributed by atoms with Crippen LogP contribution >= 0.6 is 0 Å². The Labute approximate surface area is 115 Å². The number of likely N-dealkylation sites (tertiary alicyclic amines) is 1. The third-order valence-electron chi connectivity index (χ3n) is 2.91. The monoisotopic (exact) mass is 295 g/mol. The maximum absolute atomic E-state index is 13.0. The van der Waals surface area contributed by atoms with Crippen molar-refractivity contribution in [1.29, 1.82) is 5.26 Å². The summed E-state index contributed by atoms with van der Waals surface area (Å²) in [5.74, 6) is -0.552. The minimum absolute atomic E-state index is 0.171. The van der Waals surface area contributed by atoms with Crippen LogP contribution in [0.2, 0.25) is 0 Å². The molecule has 8 heteroatoms. The van der Waals surface area contributed by atoms with Crippen LogP contribution in [0.25, 0.3) is 5.70 Å². The van der Waals surface area contributed by atoms with Crippen molar-refractivity contribution in [3.05, 3.63) is 36.2 Å². The lowest BCUT2D eigenvalue weighted by Gasteiger charge is -2.18.